The number of methoxy groups -OCH3 is 1. The van der Waals surface area contributed by atoms with Gasteiger partial charge in [-0.1, -0.05) is 12.1 Å². The topological polar surface area (TPSA) is 57.7 Å². The van der Waals surface area contributed by atoms with Gasteiger partial charge >= 0.3 is 0 Å². The molecule has 26 heavy (non-hydrogen) atoms. The number of nitrogens with one attached hydrogen (secondary N) is 1. The lowest BCUT2D eigenvalue weighted by Gasteiger charge is -2.32. The number of pyridine rings is 1. The summed E-state index contributed by atoms with van der Waals surface area (Å²) in [6.45, 7) is 4.13. The van der Waals surface area contributed by atoms with E-state index in [2.05, 4.69) is 28.3 Å². The third-order valence-corrected chi connectivity index (χ3v) is 4.65. The third-order valence-electron chi connectivity index (χ3n) is 4.65. The molecule has 0 atom stereocenters. The van der Waals surface area contributed by atoms with Crippen molar-refractivity contribution in [3.05, 3.63) is 53.7 Å². The van der Waals surface area contributed by atoms with E-state index in [9.17, 15) is 4.79 Å². The number of amides is 1. The smallest absolute Gasteiger partial charge is 0.254 e. The molecule has 3 rings (SSSR count). The van der Waals surface area contributed by atoms with Gasteiger partial charge in [0.15, 0.2) is 0 Å². The van der Waals surface area contributed by atoms with Gasteiger partial charge in [-0.15, -0.1) is 0 Å². The van der Waals surface area contributed by atoms with E-state index < -0.39 is 0 Å². The fourth-order valence-corrected chi connectivity index (χ4v) is 3.02. The van der Waals surface area contributed by atoms with Gasteiger partial charge in [0, 0.05) is 44.5 Å². The number of aromatic nitrogens is 1. The zero-order valence-electron chi connectivity index (χ0n) is 15.4. The zero-order valence-corrected chi connectivity index (χ0v) is 15.4. The Morgan fingerprint density at radius 1 is 1.19 bits per heavy atom. The van der Waals surface area contributed by atoms with Gasteiger partial charge in [0.05, 0.1) is 7.11 Å². The fourth-order valence-electron chi connectivity index (χ4n) is 3.02. The Kier molecular flexibility index (Phi) is 6.07. The van der Waals surface area contributed by atoms with E-state index in [0.29, 0.717) is 5.56 Å². The molecule has 1 saturated heterocycles. The molecule has 1 fully saturated rings. The molecule has 1 amide bonds. The SMILES string of the molecule is COc1cccc(CCNc2cc(C(=O)N3CCN(C)CC3)ccn2)c1. The number of nitrogens with zero attached hydrogens (tertiary/aromatic N) is 3. The van der Waals surface area contributed by atoms with Crippen molar-refractivity contribution in [2.75, 3.05) is 52.2 Å². The number of rotatable bonds is 6. The lowest BCUT2D eigenvalue weighted by atomic mass is 10.1. The van der Waals surface area contributed by atoms with Gasteiger partial charge in [-0.25, -0.2) is 4.98 Å². The van der Waals surface area contributed by atoms with Crippen LogP contribution in [0, 0.1) is 0 Å². The lowest BCUT2D eigenvalue weighted by molar-refractivity contribution is 0.0664. The molecule has 1 aromatic carbocycles. The molecule has 0 radical (unpaired) electrons. The van der Waals surface area contributed by atoms with Crippen molar-refractivity contribution in [2.24, 2.45) is 0 Å². The summed E-state index contributed by atoms with van der Waals surface area (Å²) < 4.78 is 5.25. The summed E-state index contributed by atoms with van der Waals surface area (Å²) in [5.74, 6) is 1.67. The van der Waals surface area contributed by atoms with Crippen molar-refractivity contribution < 1.29 is 9.53 Å². The Bertz CT molecular complexity index is 742. The summed E-state index contributed by atoms with van der Waals surface area (Å²) in [6, 6.07) is 11.7. The third kappa shape index (κ3) is 4.73. The van der Waals surface area contributed by atoms with Crippen LogP contribution >= 0.6 is 0 Å². The van der Waals surface area contributed by atoms with E-state index in [1.807, 2.05) is 29.2 Å². The van der Waals surface area contributed by atoms with Crippen molar-refractivity contribution in [3.63, 3.8) is 0 Å². The lowest BCUT2D eigenvalue weighted by Crippen LogP contribution is -2.47. The maximum atomic E-state index is 12.7. The number of ether oxygens (including phenoxy) is 1. The molecule has 1 aromatic heterocycles. The molecule has 2 heterocycles. The second-order valence-electron chi connectivity index (χ2n) is 6.55. The molecule has 1 N–H and O–H groups in total. The fraction of sp³-hybridized carbons (Fsp3) is 0.400. The number of likely N-dealkylation sites (N-methyl/N-ethyl adjacent to an activating group) is 1. The molecule has 1 aliphatic heterocycles. The molecular formula is C20H26N4O2. The van der Waals surface area contributed by atoms with E-state index in [0.717, 1.165) is 50.7 Å². The first kappa shape index (κ1) is 18.2. The number of benzene rings is 1. The number of piperazine rings is 1. The maximum absolute atomic E-state index is 12.7. The van der Waals surface area contributed by atoms with Crippen molar-refractivity contribution in [3.8, 4) is 5.75 Å². The zero-order chi connectivity index (χ0) is 18.4. The van der Waals surface area contributed by atoms with E-state index in [4.69, 9.17) is 4.74 Å². The second-order valence-corrected chi connectivity index (χ2v) is 6.55. The van der Waals surface area contributed by atoms with Crippen LogP contribution in [0.25, 0.3) is 0 Å². The molecule has 138 valence electrons. The van der Waals surface area contributed by atoms with Gasteiger partial charge in [0.2, 0.25) is 0 Å². The van der Waals surface area contributed by atoms with Gasteiger partial charge in [-0.3, -0.25) is 4.79 Å². The number of carbonyl (C=O) groups excluding carboxylic acids is 1. The highest BCUT2D eigenvalue weighted by Gasteiger charge is 2.20. The van der Waals surface area contributed by atoms with Crippen LogP contribution in [0.3, 0.4) is 0 Å². The number of carbonyl (C=O) groups is 1. The van der Waals surface area contributed by atoms with Crippen LogP contribution in [0.1, 0.15) is 15.9 Å². The Morgan fingerprint density at radius 2 is 2.00 bits per heavy atom. The van der Waals surface area contributed by atoms with Crippen LogP contribution in [-0.2, 0) is 6.42 Å². The van der Waals surface area contributed by atoms with Crippen LogP contribution in [-0.4, -0.2) is 67.6 Å². The quantitative estimate of drug-likeness (QED) is 0.861. The summed E-state index contributed by atoms with van der Waals surface area (Å²) in [5.41, 5.74) is 1.88. The van der Waals surface area contributed by atoms with Gasteiger partial charge in [-0.2, -0.15) is 0 Å². The highest BCUT2D eigenvalue weighted by molar-refractivity contribution is 5.94. The van der Waals surface area contributed by atoms with E-state index in [1.54, 1.807) is 19.4 Å². The van der Waals surface area contributed by atoms with Crippen molar-refractivity contribution >= 4 is 11.7 Å². The van der Waals surface area contributed by atoms with Crippen molar-refractivity contribution in [1.29, 1.82) is 0 Å². The summed E-state index contributed by atoms with van der Waals surface area (Å²) in [6.07, 6.45) is 2.55. The molecule has 6 heteroatoms. The minimum absolute atomic E-state index is 0.0799. The molecule has 6 nitrogen and oxygen atoms in total. The normalized spacial score (nSPS) is 14.9. The van der Waals surface area contributed by atoms with Gasteiger partial charge in [0.25, 0.3) is 5.91 Å². The molecule has 0 aliphatic carbocycles. The van der Waals surface area contributed by atoms with Crippen molar-refractivity contribution in [1.82, 2.24) is 14.8 Å². The second kappa shape index (κ2) is 8.67. The van der Waals surface area contributed by atoms with Gasteiger partial charge in [-0.05, 0) is 43.3 Å². The monoisotopic (exact) mass is 354 g/mol. The Hall–Kier alpha value is -2.60. The minimum atomic E-state index is 0.0799. The molecule has 1 aliphatic rings. The number of hydrogen-bond donors (Lipinski definition) is 1. The molecular weight excluding hydrogens is 328 g/mol. The van der Waals surface area contributed by atoms with Gasteiger partial charge in [0.1, 0.15) is 11.6 Å². The highest BCUT2D eigenvalue weighted by atomic mass is 16.5. The Labute approximate surface area is 154 Å². The van der Waals surface area contributed by atoms with E-state index >= 15 is 0 Å². The minimum Gasteiger partial charge on any atom is -0.497 e. The first-order chi connectivity index (χ1) is 12.7. The van der Waals surface area contributed by atoms with E-state index in [1.165, 1.54) is 5.56 Å². The maximum Gasteiger partial charge on any atom is 0.254 e. The average molecular weight is 354 g/mol. The Morgan fingerprint density at radius 3 is 2.77 bits per heavy atom. The molecule has 0 saturated carbocycles. The Balaban J connectivity index is 1.56. The predicted molar refractivity (Wildman–Crippen MR) is 103 cm³/mol. The van der Waals surface area contributed by atoms with Crippen LogP contribution < -0.4 is 10.1 Å². The summed E-state index contributed by atoms with van der Waals surface area (Å²) >= 11 is 0. The van der Waals surface area contributed by atoms with Crippen LogP contribution in [0.5, 0.6) is 5.75 Å². The molecule has 0 unspecified atom stereocenters. The molecule has 2 aromatic rings. The highest BCUT2D eigenvalue weighted by Crippen LogP contribution is 2.14. The average Bonchev–Trinajstić information content (AvgIpc) is 2.68. The van der Waals surface area contributed by atoms with Gasteiger partial charge < -0.3 is 19.9 Å². The number of hydrogen-bond acceptors (Lipinski definition) is 5. The molecule has 0 spiro atoms. The molecule has 0 bridgehead atoms. The van der Waals surface area contributed by atoms with E-state index in [-0.39, 0.29) is 5.91 Å². The number of anilines is 1. The summed E-state index contributed by atoms with van der Waals surface area (Å²) in [7, 11) is 3.75. The van der Waals surface area contributed by atoms with Crippen LogP contribution in [0.2, 0.25) is 0 Å². The van der Waals surface area contributed by atoms with Crippen LogP contribution in [0.4, 0.5) is 5.82 Å². The first-order valence-electron chi connectivity index (χ1n) is 8.96. The largest absolute Gasteiger partial charge is 0.497 e. The summed E-state index contributed by atoms with van der Waals surface area (Å²) in [4.78, 5) is 21.1. The van der Waals surface area contributed by atoms with Crippen LogP contribution in [0.15, 0.2) is 42.6 Å². The standard InChI is InChI=1S/C20H26N4O2/c1-23-10-12-24(13-11-23)20(25)17-7-9-22-19(15-17)21-8-6-16-4-3-5-18(14-16)26-2/h3-5,7,9,14-15H,6,8,10-13H2,1-2H3,(H,21,22). The summed E-state index contributed by atoms with van der Waals surface area (Å²) in [5, 5.41) is 3.30. The predicted octanol–water partition coefficient (Wildman–Crippen LogP) is 2.13. The first-order valence-corrected chi connectivity index (χ1v) is 8.96. The van der Waals surface area contributed by atoms with Crippen molar-refractivity contribution in [2.45, 2.75) is 6.42 Å².